The molecule has 0 aromatic heterocycles. The summed E-state index contributed by atoms with van der Waals surface area (Å²) in [6.07, 6.45) is -0.294. The van der Waals surface area contributed by atoms with Crippen LogP contribution in [0.25, 0.3) is 0 Å². The molecule has 1 unspecified atom stereocenters. The maximum Gasteiger partial charge on any atom is 0.497 e. The van der Waals surface area contributed by atoms with Crippen molar-refractivity contribution in [3.8, 4) is 0 Å². The Morgan fingerprint density at radius 2 is 1.44 bits per heavy atom. The van der Waals surface area contributed by atoms with Crippen LogP contribution in [0.15, 0.2) is 48.5 Å². The topological polar surface area (TPSA) is 51.2 Å². The summed E-state index contributed by atoms with van der Waals surface area (Å²) in [5, 5.41) is -1.11. The van der Waals surface area contributed by atoms with Gasteiger partial charge < -0.3 is 0 Å². The van der Waals surface area contributed by atoms with Crippen LogP contribution in [0.3, 0.4) is 0 Å². The zero-order chi connectivity index (χ0) is 18.8. The fourth-order valence-electron chi connectivity index (χ4n) is 2.23. The summed E-state index contributed by atoms with van der Waals surface area (Å²) in [6.45, 7) is 1.01. The summed E-state index contributed by atoms with van der Waals surface area (Å²) < 4.78 is 60.3. The van der Waals surface area contributed by atoms with Gasteiger partial charge in [0.05, 0.1) is 5.25 Å². The van der Waals surface area contributed by atoms with Gasteiger partial charge in [-0.2, -0.15) is 13.2 Å². The molecule has 0 saturated carbocycles. The second-order valence-corrected chi connectivity index (χ2v) is 8.33. The van der Waals surface area contributed by atoms with Crippen LogP contribution < -0.4 is 0 Å². The van der Waals surface area contributed by atoms with Gasteiger partial charge in [-0.25, -0.2) is 8.42 Å². The van der Waals surface area contributed by atoms with E-state index in [9.17, 15) is 26.4 Å². The second-order valence-electron chi connectivity index (χ2n) is 5.54. The highest BCUT2D eigenvalue weighted by Crippen LogP contribution is 2.28. The molecule has 0 aliphatic rings. The van der Waals surface area contributed by atoms with Crippen LogP contribution >= 0.6 is 11.6 Å². The van der Waals surface area contributed by atoms with Crippen molar-refractivity contribution >= 4 is 27.2 Å². The lowest BCUT2D eigenvalue weighted by molar-refractivity contribution is -0.0443. The summed E-state index contributed by atoms with van der Waals surface area (Å²) in [6, 6.07) is 12.1. The zero-order valence-electron chi connectivity index (χ0n) is 13.0. The molecule has 2 aromatic rings. The minimum absolute atomic E-state index is 0.265. The first-order valence-electron chi connectivity index (χ1n) is 7.22. The van der Waals surface area contributed by atoms with Crippen LogP contribution in [0.5, 0.6) is 0 Å². The number of hydrogen-bond donors (Lipinski definition) is 0. The van der Waals surface area contributed by atoms with Crippen LogP contribution in [0, 0.1) is 0 Å². The largest absolute Gasteiger partial charge is 0.497 e. The highest BCUT2D eigenvalue weighted by molar-refractivity contribution is 7.92. The van der Waals surface area contributed by atoms with Gasteiger partial charge in [-0.1, -0.05) is 35.9 Å². The van der Waals surface area contributed by atoms with Crippen LogP contribution in [0.1, 0.15) is 28.4 Å². The van der Waals surface area contributed by atoms with Gasteiger partial charge in [-0.15, -0.1) is 0 Å². The van der Waals surface area contributed by atoms with Crippen LogP contribution in [-0.2, 0) is 16.3 Å². The van der Waals surface area contributed by atoms with Gasteiger partial charge in [0, 0.05) is 16.1 Å². The van der Waals surface area contributed by atoms with Crippen molar-refractivity contribution in [2.45, 2.75) is 24.1 Å². The molecule has 0 aliphatic carbocycles. The molecule has 0 spiro atoms. The molecule has 0 N–H and O–H groups in total. The van der Waals surface area contributed by atoms with Crippen molar-refractivity contribution in [3.63, 3.8) is 0 Å². The predicted molar refractivity (Wildman–Crippen MR) is 89.5 cm³/mol. The smallest absolute Gasteiger partial charge is 0.289 e. The number of sulfone groups is 1. The second kappa shape index (κ2) is 7.17. The number of rotatable bonds is 5. The molecule has 0 saturated heterocycles. The number of ketones is 1. The molecule has 0 fully saturated rings. The summed E-state index contributed by atoms with van der Waals surface area (Å²) in [7, 11) is -5.23. The normalized spacial score (nSPS) is 13.5. The van der Waals surface area contributed by atoms with Gasteiger partial charge in [-0.3, -0.25) is 4.79 Å². The van der Waals surface area contributed by atoms with Crippen LogP contribution in [0.2, 0.25) is 5.02 Å². The Kier molecular flexibility index (Phi) is 5.58. The van der Waals surface area contributed by atoms with E-state index >= 15 is 0 Å². The van der Waals surface area contributed by atoms with Crippen molar-refractivity contribution in [2.75, 3.05) is 0 Å². The monoisotopic (exact) mass is 390 g/mol. The van der Waals surface area contributed by atoms with Crippen LogP contribution in [-0.4, -0.2) is 25.0 Å². The average Bonchev–Trinajstić information content (AvgIpc) is 2.54. The SMILES string of the molecule is CC(Cc1ccc(C(=O)c2ccc(Cl)cc2)cc1)S(=O)(=O)C(F)(F)F. The molecule has 0 amide bonds. The van der Waals surface area contributed by atoms with Crippen molar-refractivity contribution in [1.29, 1.82) is 0 Å². The summed E-state index contributed by atoms with van der Waals surface area (Å²) >= 11 is 5.76. The average molecular weight is 391 g/mol. The lowest BCUT2D eigenvalue weighted by Crippen LogP contribution is -2.33. The molecule has 25 heavy (non-hydrogen) atoms. The molecule has 134 valence electrons. The number of alkyl halides is 3. The minimum Gasteiger partial charge on any atom is -0.289 e. The summed E-state index contributed by atoms with van der Waals surface area (Å²) in [5.74, 6) is -0.265. The maximum atomic E-state index is 12.5. The minimum atomic E-state index is -5.28. The molecule has 3 nitrogen and oxygen atoms in total. The first-order chi connectivity index (χ1) is 11.5. The first-order valence-corrected chi connectivity index (χ1v) is 9.14. The van der Waals surface area contributed by atoms with E-state index in [-0.39, 0.29) is 12.2 Å². The highest BCUT2D eigenvalue weighted by Gasteiger charge is 2.48. The fourth-order valence-corrected chi connectivity index (χ4v) is 3.22. The van der Waals surface area contributed by atoms with Gasteiger partial charge in [0.15, 0.2) is 5.78 Å². The predicted octanol–water partition coefficient (Wildman–Crippen LogP) is 4.44. The molecular formula is C17H14ClF3O3S. The molecule has 0 heterocycles. The summed E-state index contributed by atoms with van der Waals surface area (Å²) in [4.78, 5) is 12.3. The molecule has 1 atom stereocenters. The van der Waals surface area contributed by atoms with E-state index in [0.717, 1.165) is 6.92 Å². The van der Waals surface area contributed by atoms with E-state index < -0.39 is 20.6 Å². The Hall–Kier alpha value is -1.86. The zero-order valence-corrected chi connectivity index (χ0v) is 14.6. The van der Waals surface area contributed by atoms with Crippen molar-refractivity contribution in [1.82, 2.24) is 0 Å². The third-order valence-corrected chi connectivity index (χ3v) is 5.82. The van der Waals surface area contributed by atoms with E-state index in [0.29, 0.717) is 21.7 Å². The Balaban J connectivity index is 2.15. The Bertz CT molecular complexity index is 858. The van der Waals surface area contributed by atoms with Gasteiger partial charge in [0.1, 0.15) is 0 Å². The fraction of sp³-hybridized carbons (Fsp3) is 0.235. The van der Waals surface area contributed by atoms with Crippen LogP contribution in [0.4, 0.5) is 13.2 Å². The standard InChI is InChI=1S/C17H14ClF3O3S/c1-11(25(23,24)17(19,20)21)10-12-2-4-13(5-3-12)16(22)14-6-8-15(18)9-7-14/h2-9,11H,10H2,1H3. The van der Waals surface area contributed by atoms with E-state index in [1.165, 1.54) is 24.3 Å². The molecule has 0 bridgehead atoms. The van der Waals surface area contributed by atoms with Gasteiger partial charge in [-0.05, 0) is 43.2 Å². The molecule has 0 radical (unpaired) electrons. The maximum absolute atomic E-state index is 12.5. The molecule has 8 heteroatoms. The van der Waals surface area contributed by atoms with Gasteiger partial charge in [0.25, 0.3) is 9.84 Å². The van der Waals surface area contributed by atoms with Gasteiger partial charge in [0.2, 0.25) is 0 Å². The molecule has 2 rings (SSSR count). The van der Waals surface area contributed by atoms with E-state index in [2.05, 4.69) is 0 Å². The van der Waals surface area contributed by atoms with E-state index in [1.807, 2.05) is 0 Å². The first kappa shape index (κ1) is 19.5. The lowest BCUT2D eigenvalue weighted by Gasteiger charge is -2.15. The Labute approximate surface area is 148 Å². The number of benzene rings is 2. The molecular weight excluding hydrogens is 377 g/mol. The number of carbonyl (C=O) groups is 1. The Morgan fingerprint density at radius 3 is 1.88 bits per heavy atom. The van der Waals surface area contributed by atoms with Crippen molar-refractivity contribution in [2.24, 2.45) is 0 Å². The third kappa shape index (κ3) is 4.41. The Morgan fingerprint density at radius 1 is 1.00 bits per heavy atom. The number of halogens is 4. The summed E-state index contributed by atoms with van der Waals surface area (Å²) in [5.41, 5.74) is -4.12. The van der Waals surface area contributed by atoms with E-state index in [1.54, 1.807) is 24.3 Å². The quantitative estimate of drug-likeness (QED) is 0.709. The molecule has 2 aromatic carbocycles. The lowest BCUT2D eigenvalue weighted by atomic mass is 10.0. The van der Waals surface area contributed by atoms with Crippen molar-refractivity contribution < 1.29 is 26.4 Å². The van der Waals surface area contributed by atoms with E-state index in [4.69, 9.17) is 11.6 Å². The number of carbonyl (C=O) groups excluding carboxylic acids is 1. The number of hydrogen-bond acceptors (Lipinski definition) is 3. The highest BCUT2D eigenvalue weighted by atomic mass is 35.5. The van der Waals surface area contributed by atoms with Gasteiger partial charge >= 0.3 is 5.51 Å². The third-order valence-electron chi connectivity index (χ3n) is 3.70. The molecule has 0 aliphatic heterocycles. The van der Waals surface area contributed by atoms with Crippen molar-refractivity contribution in [3.05, 3.63) is 70.2 Å².